The van der Waals surface area contributed by atoms with Crippen LogP contribution in [0.4, 0.5) is 10.5 Å². The third-order valence-electron chi connectivity index (χ3n) is 5.51. The SMILES string of the molecule is COC(=O)c1ccc(N2C(=O)NC(=O)/C(=C\c3cc(Br)c(OCc4ccc(Cl)cc4)c(OC)c3)C2=O)cc1. The number of amides is 4. The summed E-state index contributed by atoms with van der Waals surface area (Å²) in [6.07, 6.45) is 1.34. The Labute approximate surface area is 231 Å². The molecule has 1 heterocycles. The van der Waals surface area contributed by atoms with Crippen molar-refractivity contribution in [3.05, 3.63) is 92.4 Å². The molecule has 1 saturated heterocycles. The predicted octanol–water partition coefficient (Wildman–Crippen LogP) is 5.14. The van der Waals surface area contributed by atoms with Gasteiger partial charge in [-0.05, 0) is 81.7 Å². The molecule has 0 unspecified atom stereocenters. The average Bonchev–Trinajstić information content (AvgIpc) is 2.91. The van der Waals surface area contributed by atoms with E-state index in [0.29, 0.717) is 26.6 Å². The molecule has 0 radical (unpaired) electrons. The van der Waals surface area contributed by atoms with Crippen LogP contribution in [0.3, 0.4) is 0 Å². The van der Waals surface area contributed by atoms with E-state index in [1.807, 2.05) is 12.1 Å². The number of benzene rings is 3. The summed E-state index contributed by atoms with van der Waals surface area (Å²) in [5, 5.41) is 2.78. The first-order valence-electron chi connectivity index (χ1n) is 11.1. The third-order valence-corrected chi connectivity index (χ3v) is 6.35. The topological polar surface area (TPSA) is 111 Å². The van der Waals surface area contributed by atoms with Crippen LogP contribution in [-0.2, 0) is 20.9 Å². The third kappa shape index (κ3) is 5.71. The first-order valence-corrected chi connectivity index (χ1v) is 12.2. The molecule has 11 heteroatoms. The van der Waals surface area contributed by atoms with Crippen LogP contribution in [0, 0.1) is 0 Å². The maximum absolute atomic E-state index is 13.2. The number of carbonyl (C=O) groups is 4. The highest BCUT2D eigenvalue weighted by atomic mass is 79.9. The van der Waals surface area contributed by atoms with E-state index in [-0.39, 0.29) is 23.4 Å². The van der Waals surface area contributed by atoms with Crippen LogP contribution >= 0.6 is 27.5 Å². The van der Waals surface area contributed by atoms with Gasteiger partial charge in [-0.15, -0.1) is 0 Å². The minimum absolute atomic E-state index is 0.170. The number of nitrogens with one attached hydrogen (secondary N) is 1. The summed E-state index contributed by atoms with van der Waals surface area (Å²) in [5.41, 5.74) is 1.47. The molecule has 1 aliphatic heterocycles. The number of halogens is 2. The number of barbiturate groups is 1. The molecule has 4 rings (SSSR count). The Morgan fingerprint density at radius 3 is 2.34 bits per heavy atom. The van der Waals surface area contributed by atoms with E-state index in [1.54, 1.807) is 24.3 Å². The van der Waals surface area contributed by atoms with Gasteiger partial charge >= 0.3 is 12.0 Å². The van der Waals surface area contributed by atoms with Crippen molar-refractivity contribution >= 4 is 63.1 Å². The first-order chi connectivity index (χ1) is 18.2. The molecular formula is C27H20BrClN2O7. The van der Waals surface area contributed by atoms with E-state index in [2.05, 4.69) is 26.0 Å². The van der Waals surface area contributed by atoms with Gasteiger partial charge in [-0.1, -0.05) is 23.7 Å². The highest BCUT2D eigenvalue weighted by Crippen LogP contribution is 2.38. The second kappa shape index (κ2) is 11.5. The van der Waals surface area contributed by atoms with Crippen LogP contribution in [0.5, 0.6) is 11.5 Å². The summed E-state index contributed by atoms with van der Waals surface area (Å²) in [6.45, 7) is 0.249. The van der Waals surface area contributed by atoms with Crippen molar-refractivity contribution in [3.63, 3.8) is 0 Å². The number of hydrogen-bond acceptors (Lipinski definition) is 7. The monoisotopic (exact) mass is 598 g/mol. The fraction of sp³-hybridized carbons (Fsp3) is 0.111. The predicted molar refractivity (Wildman–Crippen MR) is 143 cm³/mol. The lowest BCUT2D eigenvalue weighted by Gasteiger charge is -2.26. The number of esters is 1. The zero-order valence-electron chi connectivity index (χ0n) is 20.1. The van der Waals surface area contributed by atoms with Crippen molar-refractivity contribution in [2.75, 3.05) is 19.1 Å². The summed E-state index contributed by atoms with van der Waals surface area (Å²) in [6, 6.07) is 15.2. The highest BCUT2D eigenvalue weighted by molar-refractivity contribution is 9.10. The molecule has 9 nitrogen and oxygen atoms in total. The lowest BCUT2D eigenvalue weighted by atomic mass is 10.1. The molecular weight excluding hydrogens is 580 g/mol. The molecule has 1 N–H and O–H groups in total. The van der Waals surface area contributed by atoms with Gasteiger partial charge in [0.05, 0.1) is 29.9 Å². The number of imide groups is 2. The molecule has 0 atom stereocenters. The van der Waals surface area contributed by atoms with E-state index in [9.17, 15) is 19.2 Å². The van der Waals surface area contributed by atoms with E-state index in [4.69, 9.17) is 21.1 Å². The van der Waals surface area contributed by atoms with Crippen LogP contribution < -0.4 is 19.7 Å². The number of hydrogen-bond donors (Lipinski definition) is 1. The molecule has 0 spiro atoms. The van der Waals surface area contributed by atoms with E-state index in [0.717, 1.165) is 10.5 Å². The Morgan fingerprint density at radius 2 is 1.71 bits per heavy atom. The molecule has 1 aliphatic rings. The maximum atomic E-state index is 13.2. The Hall–Kier alpha value is -4.15. The van der Waals surface area contributed by atoms with Crippen molar-refractivity contribution in [3.8, 4) is 11.5 Å². The number of nitrogens with zero attached hydrogens (tertiary/aromatic N) is 1. The standard InChI is InChI=1S/C27H20BrClN2O7/c1-36-22-13-16(12-21(28)23(22)38-14-15-3-7-18(29)8-4-15)11-20-24(32)30-27(35)31(25(20)33)19-9-5-17(6-10-19)26(34)37-2/h3-13H,14H2,1-2H3,(H,30,32,35)/b20-11+. The second-order valence-corrected chi connectivity index (χ2v) is 9.24. The van der Waals surface area contributed by atoms with Gasteiger partial charge in [-0.25, -0.2) is 14.5 Å². The lowest BCUT2D eigenvalue weighted by Crippen LogP contribution is -2.54. The van der Waals surface area contributed by atoms with Gasteiger partial charge in [0.2, 0.25) is 0 Å². The molecule has 3 aromatic carbocycles. The normalized spacial score (nSPS) is 14.4. The van der Waals surface area contributed by atoms with Crippen LogP contribution in [0.15, 0.2) is 70.7 Å². The quantitative estimate of drug-likeness (QED) is 0.227. The Morgan fingerprint density at radius 1 is 1.03 bits per heavy atom. The minimum Gasteiger partial charge on any atom is -0.493 e. The minimum atomic E-state index is -0.910. The Balaban J connectivity index is 1.61. The molecule has 0 bridgehead atoms. The molecule has 0 aliphatic carbocycles. The van der Waals surface area contributed by atoms with Crippen LogP contribution in [-0.4, -0.2) is 38.0 Å². The van der Waals surface area contributed by atoms with Crippen LogP contribution in [0.25, 0.3) is 6.08 Å². The molecule has 3 aromatic rings. The Kier molecular flexibility index (Phi) is 8.13. The summed E-state index contributed by atoms with van der Waals surface area (Å²) < 4.78 is 16.6. The van der Waals surface area contributed by atoms with Gasteiger partial charge in [0, 0.05) is 5.02 Å². The van der Waals surface area contributed by atoms with Gasteiger partial charge in [0.1, 0.15) is 12.2 Å². The Bertz CT molecular complexity index is 1450. The van der Waals surface area contributed by atoms with Gasteiger partial charge < -0.3 is 14.2 Å². The van der Waals surface area contributed by atoms with Crippen molar-refractivity contribution in [2.24, 2.45) is 0 Å². The van der Waals surface area contributed by atoms with Gasteiger partial charge in [0.25, 0.3) is 11.8 Å². The maximum Gasteiger partial charge on any atom is 0.337 e. The first kappa shape index (κ1) is 26.9. The molecule has 1 fully saturated rings. The molecule has 0 saturated carbocycles. The van der Waals surface area contributed by atoms with Gasteiger partial charge in [-0.2, -0.15) is 0 Å². The zero-order chi connectivity index (χ0) is 27.4. The lowest BCUT2D eigenvalue weighted by molar-refractivity contribution is -0.122. The smallest absolute Gasteiger partial charge is 0.337 e. The number of urea groups is 1. The van der Waals surface area contributed by atoms with E-state index < -0.39 is 23.8 Å². The molecule has 38 heavy (non-hydrogen) atoms. The number of carbonyl (C=O) groups excluding carboxylic acids is 4. The fourth-order valence-electron chi connectivity index (χ4n) is 3.62. The van der Waals surface area contributed by atoms with E-state index in [1.165, 1.54) is 44.6 Å². The highest BCUT2D eigenvalue weighted by Gasteiger charge is 2.37. The second-order valence-electron chi connectivity index (χ2n) is 7.95. The largest absolute Gasteiger partial charge is 0.493 e. The van der Waals surface area contributed by atoms with Crippen molar-refractivity contribution in [1.29, 1.82) is 0 Å². The summed E-state index contributed by atoms with van der Waals surface area (Å²) in [4.78, 5) is 50.8. The number of methoxy groups -OCH3 is 2. The van der Waals surface area contributed by atoms with Crippen molar-refractivity contribution in [1.82, 2.24) is 5.32 Å². The molecule has 4 amide bonds. The summed E-state index contributed by atoms with van der Waals surface area (Å²) >= 11 is 9.39. The van der Waals surface area contributed by atoms with Gasteiger partial charge in [-0.3, -0.25) is 14.9 Å². The molecule has 0 aromatic heterocycles. The number of ether oxygens (including phenoxy) is 3. The fourth-order valence-corrected chi connectivity index (χ4v) is 4.32. The van der Waals surface area contributed by atoms with E-state index >= 15 is 0 Å². The van der Waals surface area contributed by atoms with Crippen molar-refractivity contribution < 1.29 is 33.4 Å². The van der Waals surface area contributed by atoms with Gasteiger partial charge in [0.15, 0.2) is 11.5 Å². The van der Waals surface area contributed by atoms with Crippen LogP contribution in [0.2, 0.25) is 5.02 Å². The number of rotatable bonds is 7. The summed E-state index contributed by atoms with van der Waals surface area (Å²) in [7, 11) is 2.71. The van der Waals surface area contributed by atoms with Crippen LogP contribution in [0.1, 0.15) is 21.5 Å². The molecule has 194 valence electrons. The average molecular weight is 600 g/mol. The van der Waals surface area contributed by atoms with Crippen molar-refractivity contribution in [2.45, 2.75) is 6.61 Å². The zero-order valence-corrected chi connectivity index (χ0v) is 22.5. The summed E-state index contributed by atoms with van der Waals surface area (Å²) in [5.74, 6) is -1.47. The number of anilines is 1.